The highest BCUT2D eigenvalue weighted by Gasteiger charge is 2.32. The van der Waals surface area contributed by atoms with E-state index in [9.17, 15) is 4.39 Å². The summed E-state index contributed by atoms with van der Waals surface area (Å²) in [6.07, 6.45) is 3.10. The van der Waals surface area contributed by atoms with E-state index in [1.54, 1.807) is 30.5 Å². The second kappa shape index (κ2) is 3.55. The molecule has 1 unspecified atom stereocenters. The molecule has 0 radical (unpaired) electrons. The molecular formula is C10H9ClFN3. The molecule has 1 aromatic rings. The Morgan fingerprint density at radius 2 is 2.13 bits per heavy atom. The van der Waals surface area contributed by atoms with Gasteiger partial charge in [0, 0.05) is 6.20 Å². The van der Waals surface area contributed by atoms with E-state index < -0.39 is 10.9 Å². The molecule has 1 atom stereocenters. The molecule has 1 aliphatic rings. The van der Waals surface area contributed by atoms with E-state index in [2.05, 4.69) is 10.3 Å². The number of nitrogens with zero attached hydrogens (tertiary/aromatic N) is 1. The van der Waals surface area contributed by atoms with Crippen LogP contribution in [-0.2, 0) is 5.12 Å². The van der Waals surface area contributed by atoms with Crippen LogP contribution in [0.2, 0.25) is 0 Å². The molecule has 0 bridgehead atoms. The van der Waals surface area contributed by atoms with Gasteiger partial charge >= 0.3 is 0 Å². The van der Waals surface area contributed by atoms with Crippen molar-refractivity contribution in [2.45, 2.75) is 5.12 Å². The van der Waals surface area contributed by atoms with Crippen LogP contribution in [0.1, 0.15) is 5.56 Å². The standard InChI is InChI=1S/C10H9ClFN3/c11-10(14-6-5-9(13)15-10)7-3-1-2-4-8(7)12/h1-6,14H,(H2,13,15). The van der Waals surface area contributed by atoms with Crippen LogP contribution in [0, 0.1) is 5.82 Å². The Bertz CT molecular complexity index is 444. The molecule has 0 fully saturated rings. The first-order valence-corrected chi connectivity index (χ1v) is 4.73. The maximum absolute atomic E-state index is 13.5. The predicted molar refractivity (Wildman–Crippen MR) is 57.8 cm³/mol. The van der Waals surface area contributed by atoms with Crippen LogP contribution in [0.4, 0.5) is 4.39 Å². The number of alkyl halides is 1. The van der Waals surface area contributed by atoms with Crippen molar-refractivity contribution >= 4 is 17.4 Å². The van der Waals surface area contributed by atoms with Crippen molar-refractivity contribution < 1.29 is 4.39 Å². The largest absolute Gasteiger partial charge is 0.384 e. The van der Waals surface area contributed by atoms with E-state index in [4.69, 9.17) is 17.3 Å². The third kappa shape index (κ3) is 1.80. The fraction of sp³-hybridized carbons (Fsp3) is 0.100. The Hall–Kier alpha value is -1.55. The molecule has 2 rings (SSSR count). The van der Waals surface area contributed by atoms with Gasteiger partial charge in [0.25, 0.3) is 0 Å². The maximum atomic E-state index is 13.5. The summed E-state index contributed by atoms with van der Waals surface area (Å²) in [5, 5.41) is 1.42. The zero-order valence-corrected chi connectivity index (χ0v) is 8.50. The Balaban J connectivity index is 2.47. The molecule has 78 valence electrons. The quantitative estimate of drug-likeness (QED) is 0.564. The van der Waals surface area contributed by atoms with Crippen molar-refractivity contribution in [1.82, 2.24) is 5.32 Å². The normalized spacial score (nSPS) is 24.5. The average Bonchev–Trinajstić information content (AvgIpc) is 2.17. The lowest BCUT2D eigenvalue weighted by molar-refractivity contribution is 0.515. The van der Waals surface area contributed by atoms with Gasteiger partial charge in [-0.15, -0.1) is 0 Å². The molecule has 0 amide bonds. The third-order valence-electron chi connectivity index (χ3n) is 2.04. The van der Waals surface area contributed by atoms with Crippen LogP contribution in [0.5, 0.6) is 0 Å². The molecule has 3 nitrogen and oxygen atoms in total. The van der Waals surface area contributed by atoms with Gasteiger partial charge < -0.3 is 11.1 Å². The fourth-order valence-corrected chi connectivity index (χ4v) is 1.67. The lowest BCUT2D eigenvalue weighted by Crippen LogP contribution is -2.37. The Labute approximate surface area is 91.4 Å². The van der Waals surface area contributed by atoms with Gasteiger partial charge in [0.2, 0.25) is 5.12 Å². The maximum Gasteiger partial charge on any atom is 0.237 e. The molecular weight excluding hydrogens is 217 g/mol. The van der Waals surface area contributed by atoms with Gasteiger partial charge in [-0.3, -0.25) is 0 Å². The van der Waals surface area contributed by atoms with Gasteiger partial charge in [-0.05, 0) is 12.1 Å². The van der Waals surface area contributed by atoms with Crippen molar-refractivity contribution in [1.29, 1.82) is 0 Å². The van der Waals surface area contributed by atoms with Crippen molar-refractivity contribution in [3.8, 4) is 0 Å². The number of rotatable bonds is 1. The topological polar surface area (TPSA) is 50.4 Å². The van der Waals surface area contributed by atoms with E-state index in [0.29, 0.717) is 0 Å². The summed E-state index contributed by atoms with van der Waals surface area (Å²) in [5.74, 6) is -0.168. The second-order valence-corrected chi connectivity index (χ2v) is 3.66. The first-order chi connectivity index (χ1) is 7.12. The van der Waals surface area contributed by atoms with Crippen molar-refractivity contribution in [3.05, 3.63) is 47.9 Å². The summed E-state index contributed by atoms with van der Waals surface area (Å²) in [7, 11) is 0. The molecule has 5 heteroatoms. The van der Waals surface area contributed by atoms with Gasteiger partial charge in [-0.1, -0.05) is 29.8 Å². The van der Waals surface area contributed by atoms with E-state index in [-0.39, 0.29) is 11.4 Å². The summed E-state index contributed by atoms with van der Waals surface area (Å²) >= 11 is 6.13. The minimum Gasteiger partial charge on any atom is -0.384 e. The molecule has 1 aromatic carbocycles. The van der Waals surface area contributed by atoms with Crippen LogP contribution in [0.15, 0.2) is 41.5 Å². The number of halogens is 2. The predicted octanol–water partition coefficient (Wildman–Crippen LogP) is 1.65. The molecule has 0 saturated heterocycles. The van der Waals surface area contributed by atoms with E-state index >= 15 is 0 Å². The summed E-state index contributed by atoms with van der Waals surface area (Å²) < 4.78 is 13.5. The molecule has 0 aliphatic carbocycles. The SMILES string of the molecule is NC1=NC(Cl)(c2ccccc2F)NC=C1. The number of hydrogen-bond donors (Lipinski definition) is 2. The first kappa shape index (κ1) is 9.98. The number of nitrogens with one attached hydrogen (secondary N) is 1. The van der Waals surface area contributed by atoms with Crippen LogP contribution in [-0.4, -0.2) is 5.84 Å². The van der Waals surface area contributed by atoms with Crippen LogP contribution in [0.25, 0.3) is 0 Å². The Morgan fingerprint density at radius 3 is 2.80 bits per heavy atom. The van der Waals surface area contributed by atoms with Crippen LogP contribution >= 0.6 is 11.6 Å². The van der Waals surface area contributed by atoms with E-state index in [1.807, 2.05) is 0 Å². The van der Waals surface area contributed by atoms with Gasteiger partial charge in [-0.25, -0.2) is 9.38 Å². The van der Waals surface area contributed by atoms with Crippen molar-refractivity contribution in [3.63, 3.8) is 0 Å². The molecule has 0 spiro atoms. The number of benzene rings is 1. The number of hydrogen-bond acceptors (Lipinski definition) is 3. The van der Waals surface area contributed by atoms with E-state index in [0.717, 1.165) is 0 Å². The van der Waals surface area contributed by atoms with Gasteiger partial charge in [0.05, 0.1) is 5.56 Å². The molecule has 3 N–H and O–H groups in total. The zero-order chi connectivity index (χ0) is 10.9. The minimum absolute atomic E-state index is 0.249. The summed E-state index contributed by atoms with van der Waals surface area (Å²) in [6.45, 7) is 0. The van der Waals surface area contributed by atoms with Crippen LogP contribution in [0.3, 0.4) is 0 Å². The van der Waals surface area contributed by atoms with Gasteiger partial charge in [-0.2, -0.15) is 0 Å². The highest BCUT2D eigenvalue weighted by molar-refractivity contribution is 6.24. The number of nitrogens with two attached hydrogens (primary N) is 1. The third-order valence-corrected chi connectivity index (χ3v) is 2.44. The lowest BCUT2D eigenvalue weighted by Gasteiger charge is -2.26. The molecule has 1 heterocycles. The van der Waals surface area contributed by atoms with E-state index in [1.165, 1.54) is 6.07 Å². The summed E-state index contributed by atoms with van der Waals surface area (Å²) in [5.41, 5.74) is 5.76. The monoisotopic (exact) mass is 225 g/mol. The number of aliphatic imine (C=N–C) groups is 1. The number of amidine groups is 1. The van der Waals surface area contributed by atoms with Crippen molar-refractivity contribution in [2.24, 2.45) is 10.7 Å². The average molecular weight is 226 g/mol. The smallest absolute Gasteiger partial charge is 0.237 e. The second-order valence-electron chi connectivity index (χ2n) is 3.12. The minimum atomic E-state index is -1.34. The first-order valence-electron chi connectivity index (χ1n) is 4.35. The molecule has 15 heavy (non-hydrogen) atoms. The Kier molecular flexibility index (Phi) is 2.36. The zero-order valence-electron chi connectivity index (χ0n) is 7.74. The highest BCUT2D eigenvalue weighted by Crippen LogP contribution is 2.31. The van der Waals surface area contributed by atoms with Gasteiger partial charge in [0.15, 0.2) is 0 Å². The lowest BCUT2D eigenvalue weighted by atomic mass is 10.1. The Morgan fingerprint density at radius 1 is 1.40 bits per heavy atom. The summed E-state index contributed by atoms with van der Waals surface area (Å²) in [6, 6.07) is 6.16. The summed E-state index contributed by atoms with van der Waals surface area (Å²) in [4.78, 5) is 3.97. The molecule has 1 aliphatic heterocycles. The van der Waals surface area contributed by atoms with Gasteiger partial charge in [0.1, 0.15) is 11.7 Å². The fourth-order valence-electron chi connectivity index (χ4n) is 1.35. The molecule has 0 saturated carbocycles. The molecule has 0 aromatic heterocycles. The highest BCUT2D eigenvalue weighted by atomic mass is 35.5. The van der Waals surface area contributed by atoms with Crippen LogP contribution < -0.4 is 11.1 Å². The van der Waals surface area contributed by atoms with Crippen molar-refractivity contribution in [2.75, 3.05) is 0 Å².